The highest BCUT2D eigenvalue weighted by molar-refractivity contribution is 5.53. The number of hydrogen-bond acceptors (Lipinski definition) is 3. The molecule has 0 fully saturated rings. The average molecular weight is 406 g/mol. The minimum Gasteiger partial charge on any atom is -0.385 e. The first-order chi connectivity index (χ1) is 14.3. The minimum absolute atomic E-state index is 0.647. The molecular formula is C26H47NO2. The summed E-state index contributed by atoms with van der Waals surface area (Å²) in [6.45, 7) is 4.62. The summed E-state index contributed by atoms with van der Waals surface area (Å²) in [6, 6.07) is 6.46. The van der Waals surface area contributed by atoms with E-state index in [1.165, 1.54) is 107 Å². The SMILES string of the molecule is CCCCCCCCCCCCCCCCNc1cc(COC)ccc1COC. The van der Waals surface area contributed by atoms with Crippen molar-refractivity contribution >= 4 is 5.69 Å². The van der Waals surface area contributed by atoms with Crippen LogP contribution in [0.2, 0.25) is 0 Å². The Balaban J connectivity index is 2.01. The molecule has 0 amide bonds. The van der Waals surface area contributed by atoms with Gasteiger partial charge in [-0.1, -0.05) is 103 Å². The average Bonchev–Trinajstić information content (AvgIpc) is 2.73. The molecule has 1 aromatic carbocycles. The third-order valence-electron chi connectivity index (χ3n) is 5.63. The van der Waals surface area contributed by atoms with Crippen molar-refractivity contribution in [2.75, 3.05) is 26.1 Å². The third kappa shape index (κ3) is 13.7. The maximum absolute atomic E-state index is 5.33. The molecule has 1 aromatic rings. The fourth-order valence-electron chi connectivity index (χ4n) is 3.87. The van der Waals surface area contributed by atoms with Crippen molar-refractivity contribution in [3.05, 3.63) is 29.3 Å². The molecule has 0 aliphatic rings. The highest BCUT2D eigenvalue weighted by Crippen LogP contribution is 2.20. The van der Waals surface area contributed by atoms with Gasteiger partial charge in [-0.3, -0.25) is 0 Å². The second-order valence-corrected chi connectivity index (χ2v) is 8.38. The Morgan fingerprint density at radius 2 is 1.17 bits per heavy atom. The van der Waals surface area contributed by atoms with E-state index in [1.807, 2.05) is 0 Å². The molecule has 0 saturated carbocycles. The van der Waals surface area contributed by atoms with Crippen LogP contribution in [0.15, 0.2) is 18.2 Å². The predicted octanol–water partition coefficient (Wildman–Crippen LogP) is 7.87. The Kier molecular flexibility index (Phi) is 17.0. The fraction of sp³-hybridized carbons (Fsp3) is 0.769. The Bertz CT molecular complexity index is 490. The summed E-state index contributed by atoms with van der Waals surface area (Å²) in [5, 5.41) is 3.60. The highest BCUT2D eigenvalue weighted by Gasteiger charge is 2.04. The summed E-state index contributed by atoms with van der Waals surface area (Å²) in [5.41, 5.74) is 3.62. The molecule has 3 heteroatoms. The molecule has 0 radical (unpaired) electrons. The van der Waals surface area contributed by atoms with Gasteiger partial charge in [0.2, 0.25) is 0 Å². The van der Waals surface area contributed by atoms with Gasteiger partial charge < -0.3 is 14.8 Å². The van der Waals surface area contributed by atoms with Gasteiger partial charge in [0.15, 0.2) is 0 Å². The van der Waals surface area contributed by atoms with Crippen LogP contribution in [0.1, 0.15) is 108 Å². The largest absolute Gasteiger partial charge is 0.385 e. The Labute approximate surface area is 181 Å². The van der Waals surface area contributed by atoms with E-state index in [0.29, 0.717) is 13.2 Å². The first-order valence-corrected chi connectivity index (χ1v) is 12.1. The van der Waals surface area contributed by atoms with E-state index in [0.717, 1.165) is 6.54 Å². The van der Waals surface area contributed by atoms with Crippen LogP contribution in [0.4, 0.5) is 5.69 Å². The predicted molar refractivity (Wildman–Crippen MR) is 127 cm³/mol. The molecule has 0 atom stereocenters. The van der Waals surface area contributed by atoms with Crippen LogP contribution < -0.4 is 5.32 Å². The molecule has 1 N–H and O–H groups in total. The zero-order chi connectivity index (χ0) is 21.0. The lowest BCUT2D eigenvalue weighted by Gasteiger charge is -2.13. The van der Waals surface area contributed by atoms with E-state index in [1.54, 1.807) is 14.2 Å². The summed E-state index contributed by atoms with van der Waals surface area (Å²) in [4.78, 5) is 0. The van der Waals surface area contributed by atoms with Crippen molar-refractivity contribution in [2.45, 2.75) is 110 Å². The molecule has 29 heavy (non-hydrogen) atoms. The van der Waals surface area contributed by atoms with Crippen LogP contribution in [0.25, 0.3) is 0 Å². The molecule has 0 saturated heterocycles. The maximum Gasteiger partial charge on any atom is 0.0733 e. The number of nitrogens with one attached hydrogen (secondary N) is 1. The second-order valence-electron chi connectivity index (χ2n) is 8.38. The number of unbranched alkanes of at least 4 members (excludes halogenated alkanes) is 13. The van der Waals surface area contributed by atoms with Gasteiger partial charge >= 0.3 is 0 Å². The normalized spacial score (nSPS) is 11.1. The molecule has 0 heterocycles. The molecular weight excluding hydrogens is 358 g/mol. The van der Waals surface area contributed by atoms with E-state index in [9.17, 15) is 0 Å². The van der Waals surface area contributed by atoms with E-state index < -0.39 is 0 Å². The summed E-state index contributed by atoms with van der Waals surface area (Å²) >= 11 is 0. The van der Waals surface area contributed by atoms with Gasteiger partial charge in [-0.2, -0.15) is 0 Å². The second kappa shape index (κ2) is 18.9. The quantitative estimate of drug-likeness (QED) is 0.224. The summed E-state index contributed by atoms with van der Waals surface area (Å²) in [7, 11) is 3.49. The summed E-state index contributed by atoms with van der Waals surface area (Å²) in [6.07, 6.45) is 19.6. The monoisotopic (exact) mass is 405 g/mol. The van der Waals surface area contributed by atoms with Crippen LogP contribution in [-0.4, -0.2) is 20.8 Å². The number of ether oxygens (including phenoxy) is 2. The Morgan fingerprint density at radius 3 is 1.69 bits per heavy atom. The molecule has 0 unspecified atom stereocenters. The first-order valence-electron chi connectivity index (χ1n) is 12.1. The minimum atomic E-state index is 0.647. The van der Waals surface area contributed by atoms with Crippen molar-refractivity contribution in [1.29, 1.82) is 0 Å². The van der Waals surface area contributed by atoms with Crippen LogP contribution in [0, 0.1) is 0 Å². The van der Waals surface area contributed by atoms with Crippen molar-refractivity contribution < 1.29 is 9.47 Å². The Morgan fingerprint density at radius 1 is 0.655 bits per heavy atom. The number of benzene rings is 1. The highest BCUT2D eigenvalue weighted by atomic mass is 16.5. The van der Waals surface area contributed by atoms with Crippen molar-refractivity contribution in [1.82, 2.24) is 0 Å². The lowest BCUT2D eigenvalue weighted by atomic mass is 10.0. The summed E-state index contributed by atoms with van der Waals surface area (Å²) in [5.74, 6) is 0. The molecule has 0 aromatic heterocycles. The van der Waals surface area contributed by atoms with Gasteiger partial charge in [0.05, 0.1) is 13.2 Å². The molecule has 0 aliphatic heterocycles. The van der Waals surface area contributed by atoms with Crippen LogP contribution in [0.5, 0.6) is 0 Å². The molecule has 0 bridgehead atoms. The van der Waals surface area contributed by atoms with Crippen molar-refractivity contribution in [3.8, 4) is 0 Å². The van der Waals surface area contributed by atoms with Gasteiger partial charge in [-0.25, -0.2) is 0 Å². The zero-order valence-electron chi connectivity index (χ0n) is 19.6. The van der Waals surface area contributed by atoms with E-state index >= 15 is 0 Å². The van der Waals surface area contributed by atoms with E-state index in [2.05, 4.69) is 30.4 Å². The lowest BCUT2D eigenvalue weighted by molar-refractivity contribution is 0.182. The van der Waals surface area contributed by atoms with Crippen molar-refractivity contribution in [3.63, 3.8) is 0 Å². The Hall–Kier alpha value is -1.06. The fourth-order valence-corrected chi connectivity index (χ4v) is 3.87. The zero-order valence-corrected chi connectivity index (χ0v) is 19.6. The smallest absolute Gasteiger partial charge is 0.0733 e. The van der Waals surface area contributed by atoms with E-state index in [4.69, 9.17) is 9.47 Å². The van der Waals surface area contributed by atoms with Crippen molar-refractivity contribution in [2.24, 2.45) is 0 Å². The lowest BCUT2D eigenvalue weighted by Crippen LogP contribution is -2.06. The number of methoxy groups -OCH3 is 2. The molecule has 1 rings (SSSR count). The van der Waals surface area contributed by atoms with Gasteiger partial charge in [0.25, 0.3) is 0 Å². The molecule has 168 valence electrons. The number of hydrogen-bond donors (Lipinski definition) is 1. The standard InChI is InChI=1S/C26H47NO2/c1-4-5-6-7-8-9-10-11-12-13-14-15-16-17-20-27-26-21-24(22-28-2)18-19-25(26)23-29-3/h18-19,21,27H,4-17,20,22-23H2,1-3H3. The molecule has 0 spiro atoms. The van der Waals surface area contributed by atoms with Gasteiger partial charge in [-0.15, -0.1) is 0 Å². The van der Waals surface area contributed by atoms with Crippen LogP contribution in [0.3, 0.4) is 0 Å². The van der Waals surface area contributed by atoms with Gasteiger partial charge in [0.1, 0.15) is 0 Å². The third-order valence-corrected chi connectivity index (χ3v) is 5.63. The topological polar surface area (TPSA) is 30.5 Å². The molecule has 0 aliphatic carbocycles. The van der Waals surface area contributed by atoms with E-state index in [-0.39, 0.29) is 0 Å². The number of rotatable bonds is 20. The maximum atomic E-state index is 5.33. The molecule has 3 nitrogen and oxygen atoms in total. The van der Waals surface area contributed by atoms with Crippen LogP contribution in [-0.2, 0) is 22.7 Å². The first kappa shape index (κ1) is 26.0. The van der Waals surface area contributed by atoms with Gasteiger partial charge in [0, 0.05) is 32.0 Å². The van der Waals surface area contributed by atoms with Gasteiger partial charge in [-0.05, 0) is 18.1 Å². The van der Waals surface area contributed by atoms with Crippen LogP contribution >= 0.6 is 0 Å². The number of anilines is 1. The summed E-state index contributed by atoms with van der Waals surface area (Å²) < 4.78 is 10.6.